The van der Waals surface area contributed by atoms with Crippen molar-refractivity contribution in [1.29, 1.82) is 0 Å². The Morgan fingerprint density at radius 2 is 2.31 bits per heavy atom. The molecule has 2 aliphatic heterocycles. The first-order valence-corrected chi connectivity index (χ1v) is 4.61. The summed E-state index contributed by atoms with van der Waals surface area (Å²) in [5, 5.41) is 0. The second-order valence-electron chi connectivity index (χ2n) is 3.74. The number of fused-ring (bicyclic) bond motifs is 2. The molecule has 0 unspecified atom stereocenters. The molecule has 2 aliphatic rings. The molecule has 2 heterocycles. The van der Waals surface area contributed by atoms with Crippen LogP contribution < -0.4 is 0 Å². The summed E-state index contributed by atoms with van der Waals surface area (Å²) >= 11 is 0. The highest BCUT2D eigenvalue weighted by Gasteiger charge is 2.43. The van der Waals surface area contributed by atoms with Crippen LogP contribution in [0.5, 0.6) is 0 Å². The molecular formula is C9H14O4. The van der Waals surface area contributed by atoms with Crippen LogP contribution in [0.3, 0.4) is 0 Å². The molecule has 0 saturated carbocycles. The van der Waals surface area contributed by atoms with Crippen LogP contribution in [0.25, 0.3) is 0 Å². The zero-order valence-electron chi connectivity index (χ0n) is 7.86. The van der Waals surface area contributed by atoms with Crippen molar-refractivity contribution in [3.05, 3.63) is 0 Å². The molecule has 0 aliphatic carbocycles. The van der Waals surface area contributed by atoms with Crippen molar-refractivity contribution < 1.29 is 19.0 Å². The SMILES string of the molecule is CC(=O)O[C@@H]1C[C@H](C)[C@@H]2OC[C@H]1O2. The van der Waals surface area contributed by atoms with Crippen LogP contribution in [0, 0.1) is 5.92 Å². The fraction of sp³-hybridized carbons (Fsp3) is 0.889. The van der Waals surface area contributed by atoms with Crippen LogP contribution >= 0.6 is 0 Å². The van der Waals surface area contributed by atoms with Crippen molar-refractivity contribution in [3.8, 4) is 0 Å². The van der Waals surface area contributed by atoms with Crippen LogP contribution in [0.1, 0.15) is 20.3 Å². The molecule has 2 saturated heterocycles. The third kappa shape index (κ3) is 1.69. The minimum Gasteiger partial charge on any atom is -0.460 e. The summed E-state index contributed by atoms with van der Waals surface area (Å²) in [5.41, 5.74) is 0. The number of ether oxygens (including phenoxy) is 3. The summed E-state index contributed by atoms with van der Waals surface area (Å²) in [4.78, 5) is 10.8. The average molecular weight is 186 g/mol. The second kappa shape index (κ2) is 3.27. The van der Waals surface area contributed by atoms with Crippen LogP contribution in [0.2, 0.25) is 0 Å². The highest BCUT2D eigenvalue weighted by Crippen LogP contribution is 2.33. The molecule has 13 heavy (non-hydrogen) atoms. The zero-order valence-corrected chi connectivity index (χ0v) is 7.86. The Kier molecular flexibility index (Phi) is 2.26. The normalized spacial score (nSPS) is 43.2. The van der Waals surface area contributed by atoms with Crippen molar-refractivity contribution in [3.63, 3.8) is 0 Å². The lowest BCUT2D eigenvalue weighted by Crippen LogP contribution is -2.40. The molecule has 0 spiro atoms. The van der Waals surface area contributed by atoms with Crippen molar-refractivity contribution in [1.82, 2.24) is 0 Å². The molecule has 2 bridgehead atoms. The summed E-state index contributed by atoms with van der Waals surface area (Å²) in [6.45, 7) is 4.02. The van der Waals surface area contributed by atoms with E-state index in [0.29, 0.717) is 12.5 Å². The van der Waals surface area contributed by atoms with E-state index in [9.17, 15) is 4.79 Å². The Morgan fingerprint density at radius 3 is 3.00 bits per heavy atom. The van der Waals surface area contributed by atoms with Crippen molar-refractivity contribution in [2.75, 3.05) is 6.61 Å². The van der Waals surface area contributed by atoms with Crippen molar-refractivity contribution >= 4 is 5.97 Å². The van der Waals surface area contributed by atoms with E-state index < -0.39 is 0 Å². The smallest absolute Gasteiger partial charge is 0.302 e. The van der Waals surface area contributed by atoms with Gasteiger partial charge in [-0.3, -0.25) is 4.79 Å². The van der Waals surface area contributed by atoms with Gasteiger partial charge in [0.05, 0.1) is 6.61 Å². The quantitative estimate of drug-likeness (QED) is 0.565. The summed E-state index contributed by atoms with van der Waals surface area (Å²) in [7, 11) is 0. The number of carbonyl (C=O) groups excluding carboxylic acids is 1. The Morgan fingerprint density at radius 1 is 1.54 bits per heavy atom. The van der Waals surface area contributed by atoms with Gasteiger partial charge >= 0.3 is 5.97 Å². The minimum atomic E-state index is -0.244. The molecule has 4 nitrogen and oxygen atoms in total. The van der Waals surface area contributed by atoms with Gasteiger partial charge in [-0.15, -0.1) is 0 Å². The lowest BCUT2D eigenvalue weighted by molar-refractivity contribution is -0.177. The number of esters is 1. The third-order valence-electron chi connectivity index (χ3n) is 2.53. The predicted molar refractivity (Wildman–Crippen MR) is 43.9 cm³/mol. The summed E-state index contributed by atoms with van der Waals surface area (Å²) in [5.74, 6) is 0.0641. The number of hydrogen-bond acceptors (Lipinski definition) is 4. The van der Waals surface area contributed by atoms with E-state index in [1.54, 1.807) is 0 Å². The fourth-order valence-corrected chi connectivity index (χ4v) is 1.90. The highest BCUT2D eigenvalue weighted by molar-refractivity contribution is 5.66. The highest BCUT2D eigenvalue weighted by atomic mass is 16.7. The average Bonchev–Trinajstić information content (AvgIpc) is 2.44. The minimum absolute atomic E-state index is 0.0508. The van der Waals surface area contributed by atoms with Crippen molar-refractivity contribution in [2.24, 2.45) is 5.92 Å². The third-order valence-corrected chi connectivity index (χ3v) is 2.53. The van der Waals surface area contributed by atoms with Gasteiger partial charge in [0.1, 0.15) is 12.2 Å². The van der Waals surface area contributed by atoms with Gasteiger partial charge in [-0.05, 0) is 6.42 Å². The van der Waals surface area contributed by atoms with E-state index >= 15 is 0 Å². The molecule has 0 aromatic heterocycles. The molecule has 4 atom stereocenters. The van der Waals surface area contributed by atoms with Gasteiger partial charge < -0.3 is 14.2 Å². The molecule has 2 rings (SSSR count). The van der Waals surface area contributed by atoms with Gasteiger partial charge in [0.15, 0.2) is 6.29 Å². The summed E-state index contributed by atoms with van der Waals surface area (Å²) in [6.07, 6.45) is 0.586. The van der Waals surface area contributed by atoms with Crippen molar-refractivity contribution in [2.45, 2.75) is 38.8 Å². The predicted octanol–water partition coefficient (Wildman–Crippen LogP) is 0.699. The maximum Gasteiger partial charge on any atom is 0.302 e. The number of hydrogen-bond donors (Lipinski definition) is 0. The topological polar surface area (TPSA) is 44.8 Å². The van der Waals surface area contributed by atoms with E-state index in [2.05, 4.69) is 0 Å². The van der Waals surface area contributed by atoms with Gasteiger partial charge in [-0.2, -0.15) is 0 Å². The molecule has 0 N–H and O–H groups in total. The molecule has 0 aromatic carbocycles. The Balaban J connectivity index is 2.00. The van der Waals surface area contributed by atoms with Crippen LogP contribution in [-0.2, 0) is 19.0 Å². The molecule has 74 valence electrons. The Labute approximate surface area is 77.1 Å². The standard InChI is InChI=1S/C9H14O4/c1-5-3-7(12-6(2)10)8-4-11-9(5)13-8/h5,7-9H,3-4H2,1-2H3/t5-,7+,8+,9+/m0/s1. The molecule has 0 aromatic rings. The zero-order chi connectivity index (χ0) is 9.42. The van der Waals surface area contributed by atoms with Gasteiger partial charge in [0, 0.05) is 12.8 Å². The van der Waals surface area contributed by atoms with E-state index in [4.69, 9.17) is 14.2 Å². The maximum atomic E-state index is 10.8. The van der Waals surface area contributed by atoms with Gasteiger partial charge in [-0.1, -0.05) is 6.92 Å². The summed E-state index contributed by atoms with van der Waals surface area (Å²) < 4.78 is 16.1. The lowest BCUT2D eigenvalue weighted by atomic mass is 9.98. The number of carbonyl (C=O) groups is 1. The summed E-state index contributed by atoms with van der Waals surface area (Å²) in [6, 6.07) is 0. The van der Waals surface area contributed by atoms with Gasteiger partial charge in [0.25, 0.3) is 0 Å². The largest absolute Gasteiger partial charge is 0.460 e. The molecule has 4 heteroatoms. The van der Waals surface area contributed by atoms with Gasteiger partial charge in [0.2, 0.25) is 0 Å². The molecule has 2 fully saturated rings. The molecule has 0 radical (unpaired) electrons. The monoisotopic (exact) mass is 186 g/mol. The Bertz CT molecular complexity index is 216. The van der Waals surface area contributed by atoms with Gasteiger partial charge in [-0.25, -0.2) is 0 Å². The molecule has 0 amide bonds. The Hall–Kier alpha value is -0.610. The first-order chi connectivity index (χ1) is 6.16. The molecular weight excluding hydrogens is 172 g/mol. The lowest BCUT2D eigenvalue weighted by Gasteiger charge is -2.30. The fourth-order valence-electron chi connectivity index (χ4n) is 1.90. The first kappa shape index (κ1) is 8.97. The van der Waals surface area contributed by atoms with Crippen LogP contribution in [-0.4, -0.2) is 31.1 Å². The van der Waals surface area contributed by atoms with E-state index in [1.165, 1.54) is 6.92 Å². The van der Waals surface area contributed by atoms with Crippen LogP contribution in [0.4, 0.5) is 0 Å². The first-order valence-electron chi connectivity index (χ1n) is 4.61. The van der Waals surface area contributed by atoms with E-state index in [1.807, 2.05) is 6.92 Å². The number of rotatable bonds is 1. The van der Waals surface area contributed by atoms with E-state index in [-0.39, 0.29) is 24.5 Å². The van der Waals surface area contributed by atoms with Crippen LogP contribution in [0.15, 0.2) is 0 Å². The maximum absolute atomic E-state index is 10.8. The van der Waals surface area contributed by atoms with E-state index in [0.717, 1.165) is 6.42 Å². The second-order valence-corrected chi connectivity index (χ2v) is 3.74.